The molecule has 6 heteroatoms. The van der Waals surface area contributed by atoms with Gasteiger partial charge in [0, 0.05) is 45.3 Å². The summed E-state index contributed by atoms with van der Waals surface area (Å²) in [5.41, 5.74) is 0.734. The van der Waals surface area contributed by atoms with E-state index >= 15 is 0 Å². The van der Waals surface area contributed by atoms with Gasteiger partial charge in [-0.1, -0.05) is 0 Å². The first-order valence-corrected chi connectivity index (χ1v) is 7.62. The van der Waals surface area contributed by atoms with Gasteiger partial charge in [0.15, 0.2) is 0 Å². The number of carbonyl (C=O) groups excluding carboxylic acids is 1. The van der Waals surface area contributed by atoms with Gasteiger partial charge in [-0.2, -0.15) is 0 Å². The van der Waals surface area contributed by atoms with Crippen molar-refractivity contribution in [2.75, 3.05) is 51.7 Å². The zero-order valence-corrected chi connectivity index (χ0v) is 13.3. The lowest BCUT2D eigenvalue weighted by Crippen LogP contribution is -2.47. The standard InChI is InChI=1S/C16H25N3O3/c1-13(20)17-14-3-5-16(6-4-14)22-12-15(21)11-19-9-7-18(2)8-10-19/h3-6,15,21H,7-12H2,1-2H3,(H,17,20). The second kappa shape index (κ2) is 8.12. The van der Waals surface area contributed by atoms with Crippen molar-refractivity contribution in [3.05, 3.63) is 24.3 Å². The van der Waals surface area contributed by atoms with Crippen LogP contribution in [0.4, 0.5) is 5.69 Å². The molecule has 6 nitrogen and oxygen atoms in total. The number of ether oxygens (including phenoxy) is 1. The van der Waals surface area contributed by atoms with Gasteiger partial charge in [0.2, 0.25) is 5.91 Å². The first kappa shape index (κ1) is 16.7. The van der Waals surface area contributed by atoms with Gasteiger partial charge in [-0.25, -0.2) is 0 Å². The highest BCUT2D eigenvalue weighted by molar-refractivity contribution is 5.88. The van der Waals surface area contributed by atoms with Crippen LogP contribution in [0.25, 0.3) is 0 Å². The number of amides is 1. The zero-order valence-electron chi connectivity index (χ0n) is 13.3. The third-order valence-electron chi connectivity index (χ3n) is 3.68. The lowest BCUT2D eigenvalue weighted by molar-refractivity contribution is -0.114. The molecule has 1 heterocycles. The minimum absolute atomic E-state index is 0.101. The molecule has 2 rings (SSSR count). The summed E-state index contributed by atoms with van der Waals surface area (Å²) in [7, 11) is 2.11. The van der Waals surface area contributed by atoms with E-state index in [2.05, 4.69) is 22.2 Å². The lowest BCUT2D eigenvalue weighted by Gasteiger charge is -2.33. The molecule has 122 valence electrons. The fourth-order valence-electron chi connectivity index (χ4n) is 2.41. The molecule has 1 aromatic carbocycles. The number of nitrogens with one attached hydrogen (secondary N) is 1. The summed E-state index contributed by atoms with van der Waals surface area (Å²) in [6, 6.07) is 7.13. The predicted octanol–water partition coefficient (Wildman–Crippen LogP) is 0.632. The molecule has 1 amide bonds. The molecule has 0 saturated carbocycles. The molecule has 0 aromatic heterocycles. The number of carbonyl (C=O) groups is 1. The van der Waals surface area contributed by atoms with E-state index in [-0.39, 0.29) is 12.5 Å². The van der Waals surface area contributed by atoms with Gasteiger partial charge in [-0.15, -0.1) is 0 Å². The van der Waals surface area contributed by atoms with Crippen LogP contribution in [0.5, 0.6) is 5.75 Å². The highest BCUT2D eigenvalue weighted by Gasteiger charge is 2.17. The van der Waals surface area contributed by atoms with Gasteiger partial charge in [-0.3, -0.25) is 9.69 Å². The Morgan fingerprint density at radius 2 is 1.91 bits per heavy atom. The molecule has 22 heavy (non-hydrogen) atoms. The number of aliphatic hydroxyl groups is 1. The van der Waals surface area contributed by atoms with Gasteiger partial charge in [0.25, 0.3) is 0 Å². The van der Waals surface area contributed by atoms with E-state index < -0.39 is 6.10 Å². The van der Waals surface area contributed by atoms with Crippen LogP contribution in [-0.4, -0.2) is 73.3 Å². The topological polar surface area (TPSA) is 65.0 Å². The van der Waals surface area contributed by atoms with Crippen LogP contribution in [-0.2, 0) is 4.79 Å². The molecule has 0 spiro atoms. The van der Waals surface area contributed by atoms with Gasteiger partial charge in [0.05, 0.1) is 0 Å². The van der Waals surface area contributed by atoms with Crippen molar-refractivity contribution in [1.29, 1.82) is 0 Å². The number of hydrogen-bond donors (Lipinski definition) is 2. The Labute approximate surface area is 131 Å². The number of rotatable bonds is 6. The van der Waals surface area contributed by atoms with E-state index in [0.29, 0.717) is 12.3 Å². The molecule has 0 bridgehead atoms. The van der Waals surface area contributed by atoms with Crippen molar-refractivity contribution < 1.29 is 14.6 Å². The Balaban J connectivity index is 1.71. The van der Waals surface area contributed by atoms with Crippen LogP contribution in [0.15, 0.2) is 24.3 Å². The molecule has 1 unspecified atom stereocenters. The first-order valence-electron chi connectivity index (χ1n) is 7.62. The number of nitrogens with zero attached hydrogens (tertiary/aromatic N) is 2. The van der Waals surface area contributed by atoms with E-state index in [0.717, 1.165) is 31.9 Å². The highest BCUT2D eigenvalue weighted by atomic mass is 16.5. The van der Waals surface area contributed by atoms with Crippen LogP contribution < -0.4 is 10.1 Å². The molecule has 1 aromatic rings. The molecular formula is C16H25N3O3. The Kier molecular flexibility index (Phi) is 6.18. The van der Waals surface area contributed by atoms with Crippen molar-refractivity contribution in [2.24, 2.45) is 0 Å². The normalized spacial score (nSPS) is 18.0. The average Bonchev–Trinajstić information content (AvgIpc) is 2.48. The molecule has 1 atom stereocenters. The number of aliphatic hydroxyl groups excluding tert-OH is 1. The largest absolute Gasteiger partial charge is 0.491 e. The molecule has 0 radical (unpaired) electrons. The van der Waals surface area contributed by atoms with Crippen LogP contribution in [0.1, 0.15) is 6.92 Å². The summed E-state index contributed by atoms with van der Waals surface area (Å²) >= 11 is 0. The fraction of sp³-hybridized carbons (Fsp3) is 0.562. The molecule has 0 aliphatic carbocycles. The van der Waals surface area contributed by atoms with Crippen molar-refractivity contribution in [3.8, 4) is 5.75 Å². The third-order valence-corrected chi connectivity index (χ3v) is 3.68. The van der Waals surface area contributed by atoms with E-state index in [1.165, 1.54) is 6.92 Å². The second-order valence-electron chi connectivity index (χ2n) is 5.77. The number of benzene rings is 1. The Morgan fingerprint density at radius 1 is 1.27 bits per heavy atom. The number of β-amino-alcohol motifs (C(OH)–C–C–N with tert-alkyl or cyclic N) is 1. The molecule has 2 N–H and O–H groups in total. The molecule has 1 aliphatic heterocycles. The summed E-state index contributed by atoms with van der Waals surface area (Å²) in [6.45, 7) is 6.43. The van der Waals surface area contributed by atoms with E-state index in [9.17, 15) is 9.90 Å². The maximum atomic E-state index is 10.9. The lowest BCUT2D eigenvalue weighted by atomic mass is 10.2. The summed E-state index contributed by atoms with van der Waals surface area (Å²) in [4.78, 5) is 15.5. The van der Waals surface area contributed by atoms with Crippen LogP contribution in [0.3, 0.4) is 0 Å². The number of likely N-dealkylation sites (N-methyl/N-ethyl adjacent to an activating group) is 1. The van der Waals surface area contributed by atoms with Crippen molar-refractivity contribution in [2.45, 2.75) is 13.0 Å². The molecular weight excluding hydrogens is 282 g/mol. The minimum Gasteiger partial charge on any atom is -0.491 e. The van der Waals surface area contributed by atoms with Crippen molar-refractivity contribution >= 4 is 11.6 Å². The van der Waals surface area contributed by atoms with Crippen LogP contribution >= 0.6 is 0 Å². The highest BCUT2D eigenvalue weighted by Crippen LogP contribution is 2.16. The summed E-state index contributed by atoms with van der Waals surface area (Å²) < 4.78 is 5.59. The van der Waals surface area contributed by atoms with Gasteiger partial charge >= 0.3 is 0 Å². The van der Waals surface area contributed by atoms with E-state index in [1.54, 1.807) is 24.3 Å². The molecule has 1 aliphatic rings. The SMILES string of the molecule is CC(=O)Nc1ccc(OCC(O)CN2CCN(C)CC2)cc1. The van der Waals surface area contributed by atoms with Crippen molar-refractivity contribution in [1.82, 2.24) is 9.80 Å². The van der Waals surface area contributed by atoms with E-state index in [4.69, 9.17) is 4.74 Å². The summed E-state index contributed by atoms with van der Waals surface area (Å²) in [5.74, 6) is 0.586. The summed E-state index contributed by atoms with van der Waals surface area (Å²) in [5, 5.41) is 12.8. The maximum Gasteiger partial charge on any atom is 0.221 e. The third kappa shape index (κ3) is 5.63. The fourth-order valence-corrected chi connectivity index (χ4v) is 2.41. The number of piperazine rings is 1. The van der Waals surface area contributed by atoms with Crippen LogP contribution in [0, 0.1) is 0 Å². The Hall–Kier alpha value is -1.63. The minimum atomic E-state index is -0.501. The van der Waals surface area contributed by atoms with Crippen molar-refractivity contribution in [3.63, 3.8) is 0 Å². The zero-order chi connectivity index (χ0) is 15.9. The quantitative estimate of drug-likeness (QED) is 0.807. The Morgan fingerprint density at radius 3 is 2.50 bits per heavy atom. The summed E-state index contributed by atoms with van der Waals surface area (Å²) in [6.07, 6.45) is -0.501. The predicted molar refractivity (Wildman–Crippen MR) is 86.2 cm³/mol. The molecule has 1 fully saturated rings. The average molecular weight is 307 g/mol. The Bertz CT molecular complexity index is 470. The number of anilines is 1. The number of hydrogen-bond acceptors (Lipinski definition) is 5. The smallest absolute Gasteiger partial charge is 0.221 e. The maximum absolute atomic E-state index is 10.9. The van der Waals surface area contributed by atoms with Gasteiger partial charge < -0.3 is 20.1 Å². The van der Waals surface area contributed by atoms with Crippen LogP contribution in [0.2, 0.25) is 0 Å². The van der Waals surface area contributed by atoms with Gasteiger partial charge in [0.1, 0.15) is 18.5 Å². The molecule has 1 saturated heterocycles. The first-order chi connectivity index (χ1) is 10.5. The second-order valence-corrected chi connectivity index (χ2v) is 5.77. The monoisotopic (exact) mass is 307 g/mol. The van der Waals surface area contributed by atoms with E-state index in [1.807, 2.05) is 0 Å². The van der Waals surface area contributed by atoms with Gasteiger partial charge in [-0.05, 0) is 31.3 Å².